The molecule has 0 spiro atoms. The van der Waals surface area contributed by atoms with E-state index in [2.05, 4.69) is 79.9 Å². The molecule has 0 radical (unpaired) electrons. The Morgan fingerprint density at radius 3 is 1.26 bits per heavy atom. The number of carbonyl (C=O) groups is 2. The van der Waals surface area contributed by atoms with E-state index in [4.69, 9.17) is 9.47 Å². The van der Waals surface area contributed by atoms with Crippen molar-refractivity contribution in [1.82, 2.24) is 10.6 Å². The van der Waals surface area contributed by atoms with Crippen molar-refractivity contribution < 1.29 is 19.1 Å². The molecule has 8 unspecified atom stereocenters. The van der Waals surface area contributed by atoms with Gasteiger partial charge in [-0.15, -0.1) is 0 Å². The molecule has 1 aromatic rings. The summed E-state index contributed by atoms with van der Waals surface area (Å²) in [5.41, 5.74) is 0.545. The highest BCUT2D eigenvalue weighted by molar-refractivity contribution is 5.93. The first-order valence-electron chi connectivity index (χ1n) is 14.8. The third-order valence-electron chi connectivity index (χ3n) is 10.5. The van der Waals surface area contributed by atoms with E-state index in [9.17, 15) is 9.59 Å². The van der Waals surface area contributed by atoms with Crippen molar-refractivity contribution >= 4 is 11.9 Å². The maximum atomic E-state index is 13.1. The van der Waals surface area contributed by atoms with Gasteiger partial charge >= 0.3 is 11.9 Å². The SMILES string of the molecule is CCC1(C)CC(OC(=O)c2ccc(C(=O)OC3CC(C)(CC)NC(C)(CC)C3C)cc2)C(C)C(C)(CC)N1. The van der Waals surface area contributed by atoms with Crippen LogP contribution in [0.2, 0.25) is 0 Å². The van der Waals surface area contributed by atoms with Gasteiger partial charge < -0.3 is 20.1 Å². The molecule has 1 aromatic carbocycles. The molecule has 0 aromatic heterocycles. The Morgan fingerprint density at radius 1 is 0.684 bits per heavy atom. The van der Waals surface area contributed by atoms with Gasteiger partial charge in [-0.1, -0.05) is 41.5 Å². The number of nitrogens with one attached hydrogen (secondary N) is 2. The predicted octanol–water partition coefficient (Wildman–Crippen LogP) is 6.67. The Morgan fingerprint density at radius 2 is 1.00 bits per heavy atom. The molecule has 2 N–H and O–H groups in total. The Hall–Kier alpha value is -1.92. The quantitative estimate of drug-likeness (QED) is 0.367. The van der Waals surface area contributed by atoms with Gasteiger partial charge in [-0.2, -0.15) is 0 Å². The number of benzene rings is 1. The maximum absolute atomic E-state index is 13.1. The summed E-state index contributed by atoms with van der Waals surface area (Å²) >= 11 is 0. The Bertz CT molecular complexity index is 917. The van der Waals surface area contributed by atoms with Crippen LogP contribution in [0, 0.1) is 11.8 Å². The Labute approximate surface area is 231 Å². The van der Waals surface area contributed by atoms with Gasteiger partial charge in [0, 0.05) is 46.8 Å². The molecule has 2 fully saturated rings. The van der Waals surface area contributed by atoms with Crippen molar-refractivity contribution in [2.75, 3.05) is 0 Å². The minimum Gasteiger partial charge on any atom is -0.458 e. The second-order valence-electron chi connectivity index (χ2n) is 13.1. The second kappa shape index (κ2) is 11.3. The standard InChI is InChI=1S/C32H52N2O4/c1-11-29(7)19-25(21(5)31(9,13-3)33-29)37-27(35)23-15-17-24(18-16-23)28(36)38-26-20-30(8,12-2)34-32(10,14-4)22(26)6/h15-18,21-22,25-26,33-34H,11-14,19-20H2,1-10H3. The van der Waals surface area contributed by atoms with Crippen LogP contribution < -0.4 is 10.6 Å². The van der Waals surface area contributed by atoms with Crippen molar-refractivity contribution in [3.63, 3.8) is 0 Å². The molecular weight excluding hydrogens is 476 g/mol. The predicted molar refractivity (Wildman–Crippen MR) is 153 cm³/mol. The van der Waals surface area contributed by atoms with Gasteiger partial charge in [-0.3, -0.25) is 0 Å². The fraction of sp³-hybridized carbons (Fsp3) is 0.750. The van der Waals surface area contributed by atoms with Crippen LogP contribution in [0.3, 0.4) is 0 Å². The molecular formula is C32H52N2O4. The lowest BCUT2D eigenvalue weighted by molar-refractivity contribution is -0.0495. The summed E-state index contributed by atoms with van der Waals surface area (Å²) in [5, 5.41) is 7.65. The molecule has 2 aliphatic rings. The highest BCUT2D eigenvalue weighted by atomic mass is 16.5. The number of carbonyl (C=O) groups excluding carboxylic acids is 2. The number of ether oxygens (including phenoxy) is 2. The highest BCUT2D eigenvalue weighted by Crippen LogP contribution is 2.40. The third-order valence-corrected chi connectivity index (χ3v) is 10.5. The van der Waals surface area contributed by atoms with Crippen LogP contribution in [-0.4, -0.2) is 46.3 Å². The van der Waals surface area contributed by atoms with Crippen molar-refractivity contribution in [3.05, 3.63) is 35.4 Å². The summed E-state index contributed by atoms with van der Waals surface area (Å²) in [7, 11) is 0. The molecule has 2 aliphatic heterocycles. The van der Waals surface area contributed by atoms with Gasteiger partial charge in [0.2, 0.25) is 0 Å². The summed E-state index contributed by atoms with van der Waals surface area (Å²) in [6.07, 6.45) is 5.04. The molecule has 3 rings (SSSR count). The molecule has 38 heavy (non-hydrogen) atoms. The van der Waals surface area contributed by atoms with E-state index < -0.39 is 0 Å². The Balaban J connectivity index is 1.70. The second-order valence-corrected chi connectivity index (χ2v) is 13.1. The van der Waals surface area contributed by atoms with Crippen LogP contribution in [0.1, 0.15) is 128 Å². The number of piperidine rings is 2. The van der Waals surface area contributed by atoms with Gasteiger partial charge in [0.1, 0.15) is 12.2 Å². The summed E-state index contributed by atoms with van der Waals surface area (Å²) in [5.74, 6) is -0.324. The van der Waals surface area contributed by atoms with Gasteiger partial charge in [0.15, 0.2) is 0 Å². The fourth-order valence-electron chi connectivity index (χ4n) is 6.50. The lowest BCUT2D eigenvalue weighted by Crippen LogP contribution is -2.66. The zero-order chi connectivity index (χ0) is 28.5. The van der Waals surface area contributed by atoms with E-state index in [1.165, 1.54) is 0 Å². The first-order valence-corrected chi connectivity index (χ1v) is 14.8. The average Bonchev–Trinajstić information content (AvgIpc) is 2.90. The van der Waals surface area contributed by atoms with Gasteiger partial charge in [0.05, 0.1) is 11.1 Å². The zero-order valence-corrected chi connectivity index (χ0v) is 25.5. The van der Waals surface area contributed by atoms with Crippen molar-refractivity contribution in [2.45, 2.75) is 142 Å². The molecule has 0 saturated carbocycles. The summed E-state index contributed by atoms with van der Waals surface area (Å²) in [6, 6.07) is 6.73. The van der Waals surface area contributed by atoms with Crippen molar-refractivity contribution in [1.29, 1.82) is 0 Å². The number of hydrogen-bond donors (Lipinski definition) is 2. The van der Waals surface area contributed by atoms with E-state index >= 15 is 0 Å². The van der Waals surface area contributed by atoms with Crippen LogP contribution in [0.4, 0.5) is 0 Å². The molecule has 0 aliphatic carbocycles. The molecule has 0 bridgehead atoms. The maximum Gasteiger partial charge on any atom is 0.338 e. The molecule has 2 heterocycles. The largest absolute Gasteiger partial charge is 0.458 e. The van der Waals surface area contributed by atoms with Crippen LogP contribution in [0.15, 0.2) is 24.3 Å². The molecule has 6 nitrogen and oxygen atoms in total. The van der Waals surface area contributed by atoms with E-state index in [-0.39, 0.29) is 58.1 Å². The topological polar surface area (TPSA) is 76.7 Å². The normalized spacial score (nSPS) is 39.4. The highest BCUT2D eigenvalue weighted by Gasteiger charge is 2.49. The van der Waals surface area contributed by atoms with Crippen molar-refractivity contribution in [2.24, 2.45) is 11.8 Å². The minimum absolute atomic E-state index is 0.0800. The van der Waals surface area contributed by atoms with E-state index in [1.54, 1.807) is 24.3 Å². The van der Waals surface area contributed by atoms with Crippen LogP contribution in [-0.2, 0) is 9.47 Å². The summed E-state index contributed by atoms with van der Waals surface area (Å²) in [4.78, 5) is 26.3. The van der Waals surface area contributed by atoms with Gasteiger partial charge in [-0.05, 0) is 77.6 Å². The first kappa shape index (κ1) is 30.6. The molecule has 214 valence electrons. The van der Waals surface area contributed by atoms with Gasteiger partial charge in [0.25, 0.3) is 0 Å². The third kappa shape index (κ3) is 6.12. The smallest absolute Gasteiger partial charge is 0.338 e. The molecule has 6 heteroatoms. The zero-order valence-electron chi connectivity index (χ0n) is 25.5. The van der Waals surface area contributed by atoms with Crippen LogP contribution >= 0.6 is 0 Å². The van der Waals surface area contributed by atoms with Crippen LogP contribution in [0.25, 0.3) is 0 Å². The molecule has 2 saturated heterocycles. The summed E-state index contributed by atoms with van der Waals surface area (Å²) < 4.78 is 12.2. The van der Waals surface area contributed by atoms with Crippen LogP contribution in [0.5, 0.6) is 0 Å². The lowest BCUT2D eigenvalue weighted by atomic mass is 9.70. The van der Waals surface area contributed by atoms with E-state index in [0.29, 0.717) is 11.1 Å². The lowest BCUT2D eigenvalue weighted by Gasteiger charge is -2.52. The van der Waals surface area contributed by atoms with Gasteiger partial charge in [-0.25, -0.2) is 9.59 Å². The number of esters is 2. The van der Waals surface area contributed by atoms with Crippen molar-refractivity contribution in [3.8, 4) is 0 Å². The minimum atomic E-state index is -0.343. The number of hydrogen-bond acceptors (Lipinski definition) is 6. The average molecular weight is 529 g/mol. The fourth-order valence-corrected chi connectivity index (χ4v) is 6.50. The first-order chi connectivity index (χ1) is 17.7. The monoisotopic (exact) mass is 528 g/mol. The number of rotatable bonds is 8. The molecule has 0 amide bonds. The Kier molecular flexibility index (Phi) is 9.10. The van der Waals surface area contributed by atoms with E-state index in [1.807, 2.05) is 0 Å². The molecule has 8 atom stereocenters. The summed E-state index contributed by atoms with van der Waals surface area (Å²) in [6.45, 7) is 21.9. The van der Waals surface area contributed by atoms with E-state index in [0.717, 1.165) is 38.5 Å².